The molecule has 2 amide bonds. The van der Waals surface area contributed by atoms with Crippen LogP contribution in [0, 0.1) is 30.6 Å². The van der Waals surface area contributed by atoms with Gasteiger partial charge in [0.05, 0.1) is 5.56 Å². The minimum atomic E-state index is -0.716. The summed E-state index contributed by atoms with van der Waals surface area (Å²) in [4.78, 5) is 34.2. The molecule has 204 valence electrons. The Hall–Kier alpha value is -3.62. The summed E-state index contributed by atoms with van der Waals surface area (Å²) >= 11 is 0. The van der Waals surface area contributed by atoms with Gasteiger partial charge in [-0.1, -0.05) is 0 Å². The molecule has 6 rings (SSSR count). The van der Waals surface area contributed by atoms with Crippen LogP contribution in [-0.4, -0.2) is 32.6 Å². The molecule has 3 aliphatic carbocycles. The summed E-state index contributed by atoms with van der Waals surface area (Å²) in [6.07, 6.45) is 9.83. The number of hydrogen-bond donors (Lipinski definition) is 2. The van der Waals surface area contributed by atoms with Crippen LogP contribution in [0.5, 0.6) is 0 Å². The zero-order valence-corrected chi connectivity index (χ0v) is 22.7. The smallest absolute Gasteiger partial charge is 0.330 e. The van der Waals surface area contributed by atoms with Crippen molar-refractivity contribution in [3.05, 3.63) is 59.6 Å². The highest BCUT2D eigenvalue weighted by Crippen LogP contribution is 2.51. The fraction of sp³-hybridized carbons (Fsp3) is 0.500. The number of aryl methyl sites for hydroxylation is 1. The number of hydrogen-bond acceptors (Lipinski definition) is 4. The summed E-state index contributed by atoms with van der Waals surface area (Å²) in [6.45, 7) is 5.90. The van der Waals surface area contributed by atoms with Crippen LogP contribution in [0.1, 0.15) is 86.1 Å². The van der Waals surface area contributed by atoms with Gasteiger partial charge in [0.15, 0.2) is 0 Å². The van der Waals surface area contributed by atoms with Crippen molar-refractivity contribution in [2.45, 2.75) is 77.3 Å². The maximum atomic E-state index is 15.3. The number of amides is 2. The number of pyridine rings is 2. The molecule has 3 aromatic heterocycles. The van der Waals surface area contributed by atoms with Crippen LogP contribution in [0.2, 0.25) is 0 Å². The van der Waals surface area contributed by atoms with Gasteiger partial charge in [0.2, 0.25) is 0 Å². The molecule has 0 spiro atoms. The lowest BCUT2D eigenvalue weighted by molar-refractivity contribution is -0.404. The van der Waals surface area contributed by atoms with Crippen LogP contribution >= 0.6 is 0 Å². The zero-order chi connectivity index (χ0) is 27.3. The van der Waals surface area contributed by atoms with E-state index in [1.54, 1.807) is 35.3 Å². The van der Waals surface area contributed by atoms with Crippen molar-refractivity contribution >= 4 is 17.6 Å². The van der Waals surface area contributed by atoms with E-state index in [2.05, 4.69) is 25.7 Å². The Morgan fingerprint density at radius 2 is 1.79 bits per heavy atom. The first-order chi connectivity index (χ1) is 18.8. The van der Waals surface area contributed by atoms with E-state index in [0.29, 0.717) is 34.6 Å². The largest absolute Gasteiger partial charge is 0.337 e. The number of carbonyl (C=O) groups is 2. The highest BCUT2D eigenvalue weighted by molar-refractivity contribution is 6.00. The predicted octanol–water partition coefficient (Wildman–Crippen LogP) is 4.84. The summed E-state index contributed by atoms with van der Waals surface area (Å²) in [5, 5.41) is 10.2. The monoisotopic (exact) mass is 531 g/mol. The summed E-state index contributed by atoms with van der Waals surface area (Å²) < 4.78 is 16.9. The van der Waals surface area contributed by atoms with E-state index in [1.807, 2.05) is 26.8 Å². The third-order valence-corrected chi connectivity index (χ3v) is 8.29. The fourth-order valence-electron chi connectivity index (χ4n) is 5.83. The van der Waals surface area contributed by atoms with Gasteiger partial charge in [0.1, 0.15) is 11.7 Å². The molecule has 1 atom stereocenters. The van der Waals surface area contributed by atoms with Gasteiger partial charge in [-0.3, -0.25) is 14.5 Å². The molecule has 3 aliphatic rings. The van der Waals surface area contributed by atoms with Gasteiger partial charge in [-0.15, -0.1) is 0 Å². The molecule has 3 fully saturated rings. The zero-order valence-electron chi connectivity index (χ0n) is 22.7. The first-order valence-electron chi connectivity index (χ1n) is 14.1. The molecule has 0 radical (unpaired) electrons. The third kappa shape index (κ3) is 5.44. The molecule has 8 nitrogen and oxygen atoms in total. The molecular formula is C30H36FN6O2+. The maximum absolute atomic E-state index is 15.3. The van der Waals surface area contributed by atoms with Gasteiger partial charge >= 0.3 is 5.91 Å². The molecule has 0 unspecified atom stereocenters. The molecular weight excluding hydrogens is 495 g/mol. The van der Waals surface area contributed by atoms with Gasteiger partial charge in [-0.25, -0.2) is 15.1 Å². The number of nitrogens with one attached hydrogen (secondary N) is 3. The summed E-state index contributed by atoms with van der Waals surface area (Å²) in [7, 11) is 0. The van der Waals surface area contributed by atoms with E-state index < -0.39 is 12.0 Å². The van der Waals surface area contributed by atoms with Gasteiger partial charge in [0, 0.05) is 35.8 Å². The Labute approximate surface area is 227 Å². The third-order valence-electron chi connectivity index (χ3n) is 8.29. The molecule has 0 aliphatic heterocycles. The van der Waals surface area contributed by atoms with E-state index in [1.165, 1.54) is 5.56 Å². The SMILES string of the molecule is Cc1ncc(-c2ccc(NC(=O)[C@@H](NC(=O)c3ccnn3C(C)C)C(C3CC3)C3CC3)[nH+]c2F)cc1C1CC1. The van der Waals surface area contributed by atoms with Gasteiger partial charge in [-0.05, 0) is 107 Å². The van der Waals surface area contributed by atoms with E-state index in [0.717, 1.165) is 44.2 Å². The lowest BCUT2D eigenvalue weighted by atomic mass is 9.88. The molecule has 0 bridgehead atoms. The average molecular weight is 532 g/mol. The second-order valence-corrected chi connectivity index (χ2v) is 11.7. The van der Waals surface area contributed by atoms with Crippen molar-refractivity contribution in [3.8, 4) is 11.1 Å². The molecule has 0 aromatic carbocycles. The van der Waals surface area contributed by atoms with E-state index in [4.69, 9.17) is 0 Å². The second kappa shape index (κ2) is 10.2. The topological polar surface area (TPSA) is 103 Å². The molecule has 3 heterocycles. The number of aromatic amines is 1. The highest BCUT2D eigenvalue weighted by atomic mass is 19.1. The van der Waals surface area contributed by atoms with Crippen LogP contribution in [-0.2, 0) is 4.79 Å². The van der Waals surface area contributed by atoms with Gasteiger partial charge in [0.25, 0.3) is 17.7 Å². The summed E-state index contributed by atoms with van der Waals surface area (Å²) in [6, 6.07) is 6.32. The number of rotatable bonds is 10. The minimum Gasteiger partial charge on any atom is -0.337 e. The number of aromatic nitrogens is 4. The highest BCUT2D eigenvalue weighted by Gasteiger charge is 2.49. The summed E-state index contributed by atoms with van der Waals surface area (Å²) in [5.74, 6) is 0.467. The molecule has 0 saturated heterocycles. The van der Waals surface area contributed by atoms with E-state index in [9.17, 15) is 9.59 Å². The van der Waals surface area contributed by atoms with Crippen LogP contribution in [0.4, 0.5) is 10.2 Å². The Morgan fingerprint density at radius 3 is 2.41 bits per heavy atom. The Kier molecular flexibility index (Phi) is 6.69. The van der Waals surface area contributed by atoms with E-state index in [-0.39, 0.29) is 29.6 Å². The number of nitrogens with zero attached hydrogens (tertiary/aromatic N) is 3. The normalized spacial score (nSPS) is 17.9. The summed E-state index contributed by atoms with van der Waals surface area (Å²) in [5.41, 5.74) is 3.70. The predicted molar refractivity (Wildman–Crippen MR) is 144 cm³/mol. The number of H-pyrrole nitrogens is 1. The molecule has 3 aromatic rings. The Bertz CT molecular complexity index is 1390. The van der Waals surface area contributed by atoms with Gasteiger partial charge in [-0.2, -0.15) is 9.49 Å². The van der Waals surface area contributed by atoms with Crippen molar-refractivity contribution < 1.29 is 19.0 Å². The Morgan fingerprint density at radius 1 is 1.08 bits per heavy atom. The van der Waals surface area contributed by atoms with Crippen molar-refractivity contribution in [1.82, 2.24) is 20.1 Å². The van der Waals surface area contributed by atoms with Crippen LogP contribution in [0.15, 0.2) is 36.7 Å². The van der Waals surface area contributed by atoms with Crippen LogP contribution in [0.25, 0.3) is 11.1 Å². The second-order valence-electron chi connectivity index (χ2n) is 11.7. The lowest BCUT2D eigenvalue weighted by Gasteiger charge is -2.25. The van der Waals surface area contributed by atoms with Gasteiger partial charge < -0.3 is 5.32 Å². The van der Waals surface area contributed by atoms with Crippen molar-refractivity contribution in [2.24, 2.45) is 17.8 Å². The lowest BCUT2D eigenvalue weighted by Crippen LogP contribution is -2.50. The molecule has 3 N–H and O–H groups in total. The van der Waals surface area contributed by atoms with Crippen molar-refractivity contribution in [2.75, 3.05) is 5.32 Å². The fourth-order valence-corrected chi connectivity index (χ4v) is 5.83. The number of carbonyl (C=O) groups excluding carboxylic acids is 2. The van der Waals surface area contributed by atoms with Crippen LogP contribution < -0.4 is 15.6 Å². The first kappa shape index (κ1) is 25.6. The molecule has 39 heavy (non-hydrogen) atoms. The average Bonchev–Trinajstić information content (AvgIpc) is 3.75. The molecule has 3 saturated carbocycles. The molecule has 9 heteroatoms. The minimum absolute atomic E-state index is 0.0101. The number of anilines is 1. The van der Waals surface area contributed by atoms with Crippen LogP contribution in [0.3, 0.4) is 0 Å². The quantitative estimate of drug-likeness (QED) is 0.366. The maximum Gasteiger partial charge on any atom is 0.330 e. The Balaban J connectivity index is 1.23. The standard InChI is InChI=1S/C30H35FN6O2/c1-16(2)37-24(12-13-33-37)29(38)36-27(26(19-6-7-19)20-8-9-20)30(39)35-25-11-10-22(28(31)34-25)21-14-23(18-4-5-18)17(3)32-15-21/h10-16,18-20,26-27H,4-9H2,1-3H3,(H,36,38)(H,34,35,39)/p+1/t27-/m0/s1. The van der Waals surface area contributed by atoms with Crippen molar-refractivity contribution in [3.63, 3.8) is 0 Å². The van der Waals surface area contributed by atoms with E-state index >= 15 is 4.39 Å². The first-order valence-corrected chi connectivity index (χ1v) is 14.1. The van der Waals surface area contributed by atoms with Crippen molar-refractivity contribution in [1.29, 1.82) is 0 Å². The number of halogens is 1.